The first-order chi connectivity index (χ1) is 10.6. The molecule has 2 rings (SSSR count). The lowest BCUT2D eigenvalue weighted by atomic mass is 10.2. The van der Waals surface area contributed by atoms with E-state index < -0.39 is 15.6 Å². The molecule has 0 aliphatic carbocycles. The van der Waals surface area contributed by atoms with Gasteiger partial charge in [-0.1, -0.05) is 30.3 Å². The summed E-state index contributed by atoms with van der Waals surface area (Å²) in [5.74, 6) is 0. The first kappa shape index (κ1) is 19.6. The van der Waals surface area contributed by atoms with E-state index in [0.29, 0.717) is 0 Å². The molecule has 0 unspecified atom stereocenters. The van der Waals surface area contributed by atoms with Gasteiger partial charge in [0.05, 0.1) is 0 Å². The zero-order chi connectivity index (χ0) is 17.5. The fourth-order valence-electron chi connectivity index (χ4n) is 1.24. The number of halogens is 4. The van der Waals surface area contributed by atoms with Crippen LogP contribution >= 0.6 is 0 Å². The van der Waals surface area contributed by atoms with Crippen LogP contribution in [0.1, 0.15) is 10.4 Å². The molecule has 0 spiro atoms. The van der Waals surface area contributed by atoms with Gasteiger partial charge in [0, 0.05) is 11.6 Å². The highest BCUT2D eigenvalue weighted by Gasteiger charge is 2.36. The number of carbonyl (C=O) groups is 1. The molecule has 0 amide bonds. The van der Waals surface area contributed by atoms with Crippen molar-refractivity contribution in [3.8, 4) is 0 Å². The van der Waals surface area contributed by atoms with Crippen molar-refractivity contribution in [3.05, 3.63) is 67.3 Å². The Hall–Kier alpha value is -1.46. The maximum Gasteiger partial charge on any atom is 0.485 e. The highest BCUT2D eigenvalue weighted by atomic mass is 127. The zero-order valence-electron chi connectivity index (χ0n) is 11.3. The summed E-state index contributed by atoms with van der Waals surface area (Å²) < 4.78 is 61.6. The molecule has 0 fully saturated rings. The van der Waals surface area contributed by atoms with Gasteiger partial charge in [-0.25, -0.2) is 8.42 Å². The van der Waals surface area contributed by atoms with Crippen molar-refractivity contribution in [1.82, 2.24) is 0 Å². The van der Waals surface area contributed by atoms with E-state index in [1.165, 1.54) is 7.14 Å². The minimum Gasteiger partial charge on any atom is -0.741 e. The van der Waals surface area contributed by atoms with Crippen LogP contribution in [0.2, 0.25) is 0 Å². The summed E-state index contributed by atoms with van der Waals surface area (Å²) in [6.07, 6.45) is 0.901. The molecule has 0 aromatic heterocycles. The molecule has 0 atom stereocenters. The average molecular weight is 458 g/mol. The van der Waals surface area contributed by atoms with Gasteiger partial charge in [-0.3, -0.25) is 4.79 Å². The van der Waals surface area contributed by atoms with Crippen molar-refractivity contribution in [1.29, 1.82) is 0 Å². The Morgan fingerprint density at radius 1 is 0.957 bits per heavy atom. The van der Waals surface area contributed by atoms with Gasteiger partial charge in [0.1, 0.15) is 6.29 Å². The largest absolute Gasteiger partial charge is 0.741 e. The van der Waals surface area contributed by atoms with Crippen LogP contribution in [0.5, 0.6) is 0 Å². The highest BCUT2D eigenvalue weighted by molar-refractivity contribution is 7.86. The summed E-state index contributed by atoms with van der Waals surface area (Å²) in [6.45, 7) is 0. The maximum absolute atomic E-state index is 10.7. The topological polar surface area (TPSA) is 74.3 Å². The number of hydrogen-bond acceptors (Lipinski definition) is 4. The van der Waals surface area contributed by atoms with Gasteiger partial charge in [-0.2, -0.15) is 13.2 Å². The molecular formula is C14H10F3IO4S. The number of hydrogen-bond donors (Lipinski definition) is 0. The third-order valence-electron chi connectivity index (χ3n) is 2.22. The van der Waals surface area contributed by atoms with Crippen LogP contribution in [0.4, 0.5) is 13.2 Å². The Bertz CT molecular complexity index is 746. The molecule has 0 bridgehead atoms. The Kier molecular flexibility index (Phi) is 7.16. The summed E-state index contributed by atoms with van der Waals surface area (Å²) >= 11 is -0.153. The summed E-state index contributed by atoms with van der Waals surface area (Å²) in [5.41, 5.74) is -4.88. The quantitative estimate of drug-likeness (QED) is 0.274. The van der Waals surface area contributed by atoms with Crippen LogP contribution in [-0.4, -0.2) is 24.8 Å². The summed E-state index contributed by atoms with van der Waals surface area (Å²) in [5, 5.41) is 0. The zero-order valence-corrected chi connectivity index (χ0v) is 14.3. The van der Waals surface area contributed by atoms with E-state index in [2.05, 4.69) is 30.3 Å². The first-order valence-electron chi connectivity index (χ1n) is 5.91. The number of benzene rings is 2. The molecule has 9 heteroatoms. The second-order valence-corrected chi connectivity index (χ2v) is 8.36. The Morgan fingerprint density at radius 3 is 1.96 bits per heavy atom. The van der Waals surface area contributed by atoms with Gasteiger partial charge in [-0.05, 0) is 18.2 Å². The maximum atomic E-state index is 10.7. The Labute approximate surface area is 141 Å². The van der Waals surface area contributed by atoms with Gasteiger partial charge in [0.15, 0.2) is 17.3 Å². The van der Waals surface area contributed by atoms with E-state index in [0.717, 1.165) is 11.8 Å². The molecule has 4 nitrogen and oxygen atoms in total. The predicted octanol–water partition coefficient (Wildman–Crippen LogP) is -0.321. The Balaban J connectivity index is 0.000000284. The molecule has 0 saturated carbocycles. The molecule has 0 aliphatic heterocycles. The number of alkyl halides is 3. The fraction of sp³-hybridized carbons (Fsp3) is 0.0714. The van der Waals surface area contributed by atoms with Crippen LogP contribution in [0, 0.1) is 7.14 Å². The lowest BCUT2D eigenvalue weighted by Gasteiger charge is -2.08. The average Bonchev–Trinajstić information content (AvgIpc) is 2.47. The smallest absolute Gasteiger partial charge is 0.485 e. The third-order valence-corrected chi connectivity index (χ3v) is 5.42. The van der Waals surface area contributed by atoms with E-state index in [9.17, 15) is 18.0 Å². The minimum atomic E-state index is -6.09. The van der Waals surface area contributed by atoms with E-state index >= 15 is 0 Å². The molecule has 23 heavy (non-hydrogen) atoms. The van der Waals surface area contributed by atoms with Gasteiger partial charge in [0.2, 0.25) is 0 Å². The first-order valence-corrected chi connectivity index (χ1v) is 9.47. The van der Waals surface area contributed by atoms with Crippen molar-refractivity contribution in [2.75, 3.05) is 0 Å². The van der Waals surface area contributed by atoms with E-state index in [-0.39, 0.29) is 21.2 Å². The molecule has 2 aromatic carbocycles. The molecule has 0 radical (unpaired) electrons. The SMILES string of the molecule is O=Cc1cccc([I+]c2ccccc2)c1.O=S(=O)([O-])C(F)(F)F. The van der Waals surface area contributed by atoms with Crippen LogP contribution in [-0.2, 0) is 10.1 Å². The van der Waals surface area contributed by atoms with Crippen molar-refractivity contribution < 1.29 is 52.1 Å². The fourth-order valence-corrected chi connectivity index (χ4v) is 3.64. The number of aldehydes is 1. The highest BCUT2D eigenvalue weighted by Crippen LogP contribution is 2.20. The molecule has 0 saturated heterocycles. The van der Waals surface area contributed by atoms with E-state index in [1.54, 1.807) is 0 Å². The predicted molar refractivity (Wildman–Crippen MR) is 71.4 cm³/mol. The van der Waals surface area contributed by atoms with Gasteiger partial charge in [-0.15, -0.1) is 0 Å². The standard InChI is InChI=1S/C13H10IO.CHF3O3S/c15-10-11-5-4-8-13(9-11)14-12-6-2-1-3-7-12;2-1(3,4)8(5,6)7/h1-10H;(H,5,6,7)/q+1;/p-1. The molecule has 0 heterocycles. The lowest BCUT2D eigenvalue weighted by molar-refractivity contribution is -0.597. The summed E-state index contributed by atoms with van der Waals surface area (Å²) in [6, 6.07) is 18.3. The number of carbonyl (C=O) groups excluding carboxylic acids is 1. The van der Waals surface area contributed by atoms with Crippen molar-refractivity contribution in [3.63, 3.8) is 0 Å². The normalized spacial score (nSPS) is 11.3. The van der Waals surface area contributed by atoms with Crippen molar-refractivity contribution in [2.24, 2.45) is 0 Å². The van der Waals surface area contributed by atoms with Crippen molar-refractivity contribution >= 4 is 16.4 Å². The van der Waals surface area contributed by atoms with Crippen LogP contribution < -0.4 is 21.2 Å². The number of rotatable bonds is 3. The van der Waals surface area contributed by atoms with E-state index in [1.807, 2.05) is 24.3 Å². The monoisotopic (exact) mass is 458 g/mol. The van der Waals surface area contributed by atoms with E-state index in [4.69, 9.17) is 13.0 Å². The van der Waals surface area contributed by atoms with Gasteiger partial charge in [0.25, 0.3) is 0 Å². The van der Waals surface area contributed by atoms with Crippen molar-refractivity contribution in [2.45, 2.75) is 5.51 Å². The summed E-state index contributed by atoms with van der Waals surface area (Å²) in [7, 11) is -6.09. The second-order valence-electron chi connectivity index (χ2n) is 3.96. The lowest BCUT2D eigenvalue weighted by Crippen LogP contribution is -3.61. The molecule has 0 aliphatic rings. The molecule has 0 N–H and O–H groups in total. The van der Waals surface area contributed by atoms with Crippen LogP contribution in [0.25, 0.3) is 0 Å². The molecule has 124 valence electrons. The minimum absolute atomic E-state index is 0.153. The van der Waals surface area contributed by atoms with Crippen LogP contribution in [0.3, 0.4) is 0 Å². The molecule has 2 aromatic rings. The van der Waals surface area contributed by atoms with Crippen LogP contribution in [0.15, 0.2) is 54.6 Å². The third kappa shape index (κ3) is 7.10. The Morgan fingerprint density at radius 2 is 1.48 bits per heavy atom. The van der Waals surface area contributed by atoms with Gasteiger partial charge < -0.3 is 4.55 Å². The second kappa shape index (κ2) is 8.41. The molecular weight excluding hydrogens is 448 g/mol. The van der Waals surface area contributed by atoms with Gasteiger partial charge >= 0.3 is 26.7 Å². The summed E-state index contributed by atoms with van der Waals surface area (Å²) in [4.78, 5) is 10.6.